The van der Waals surface area contributed by atoms with Crippen LogP contribution < -0.4 is 10.6 Å². The number of benzene rings is 3. The molecule has 1 aliphatic rings. The van der Waals surface area contributed by atoms with E-state index in [0.29, 0.717) is 17.8 Å². The van der Waals surface area contributed by atoms with E-state index in [-0.39, 0.29) is 6.17 Å². The largest absolute Gasteiger partial charge is 0.370 e. The van der Waals surface area contributed by atoms with Crippen molar-refractivity contribution in [2.75, 3.05) is 0 Å². The van der Waals surface area contributed by atoms with Gasteiger partial charge in [0.15, 0.2) is 0 Å². The second-order valence-electron chi connectivity index (χ2n) is 10.1. The van der Waals surface area contributed by atoms with Crippen LogP contribution in [-0.2, 0) is 6.42 Å². The maximum atomic E-state index is 3.76. The minimum absolute atomic E-state index is 0.274. The summed E-state index contributed by atoms with van der Waals surface area (Å²) in [5.41, 5.74) is 6.76. The van der Waals surface area contributed by atoms with Crippen LogP contribution in [0.4, 0.5) is 0 Å². The van der Waals surface area contributed by atoms with Crippen LogP contribution in [0.2, 0.25) is 0 Å². The van der Waals surface area contributed by atoms with E-state index in [2.05, 4.69) is 116 Å². The van der Waals surface area contributed by atoms with Gasteiger partial charge in [-0.2, -0.15) is 0 Å². The molecule has 33 heavy (non-hydrogen) atoms. The molecule has 3 unspecified atom stereocenters. The third-order valence-corrected chi connectivity index (χ3v) is 7.20. The third-order valence-electron chi connectivity index (χ3n) is 7.20. The first-order chi connectivity index (χ1) is 16.0. The number of aromatic amines is 1. The van der Waals surface area contributed by atoms with Gasteiger partial charge in [0, 0.05) is 34.9 Å². The lowest BCUT2D eigenvalue weighted by Gasteiger charge is -2.22. The number of hydrogen-bond acceptors (Lipinski definition) is 2. The summed E-state index contributed by atoms with van der Waals surface area (Å²) in [5.74, 6) is 1.44. The van der Waals surface area contributed by atoms with Gasteiger partial charge in [0.2, 0.25) is 0 Å². The first kappa shape index (κ1) is 21.6. The highest BCUT2D eigenvalue weighted by molar-refractivity contribution is 5.86. The minimum Gasteiger partial charge on any atom is -0.370 e. The molecule has 0 amide bonds. The van der Waals surface area contributed by atoms with E-state index in [1.165, 1.54) is 44.1 Å². The van der Waals surface area contributed by atoms with E-state index >= 15 is 0 Å². The number of allylic oxidation sites excluding steroid dienone is 1. The summed E-state index contributed by atoms with van der Waals surface area (Å²) < 4.78 is 0. The summed E-state index contributed by atoms with van der Waals surface area (Å²) in [7, 11) is 0. The monoisotopic (exact) mass is 437 g/mol. The van der Waals surface area contributed by atoms with Gasteiger partial charge in [-0.05, 0) is 58.2 Å². The van der Waals surface area contributed by atoms with E-state index in [0.717, 1.165) is 12.8 Å². The maximum absolute atomic E-state index is 3.76. The fourth-order valence-corrected chi connectivity index (χ4v) is 5.31. The summed E-state index contributed by atoms with van der Waals surface area (Å²) in [5, 5.41) is 11.4. The topological polar surface area (TPSA) is 39.9 Å². The molecule has 3 atom stereocenters. The molecule has 1 aromatic heterocycles. The quantitative estimate of drug-likeness (QED) is 0.287. The van der Waals surface area contributed by atoms with Crippen LogP contribution in [0.15, 0.2) is 78.8 Å². The molecule has 2 heterocycles. The average molecular weight is 438 g/mol. The Labute approximate surface area is 197 Å². The molecule has 170 valence electrons. The Morgan fingerprint density at radius 1 is 0.818 bits per heavy atom. The molecule has 0 aliphatic carbocycles. The predicted molar refractivity (Wildman–Crippen MR) is 140 cm³/mol. The maximum Gasteiger partial charge on any atom is 0.0963 e. The SMILES string of the molecule is CC(Cc1ccc2c(C(C)C)c[nH]c2c1)C1=CNC(CC(C)c2cccc3ccccc23)N1. The number of H-pyrrole nitrogens is 1. The summed E-state index contributed by atoms with van der Waals surface area (Å²) >= 11 is 0. The molecule has 3 nitrogen and oxygen atoms in total. The highest BCUT2D eigenvalue weighted by Gasteiger charge is 2.23. The van der Waals surface area contributed by atoms with Gasteiger partial charge in [0.05, 0.1) is 6.17 Å². The van der Waals surface area contributed by atoms with Crippen molar-refractivity contribution in [3.05, 3.63) is 95.4 Å². The van der Waals surface area contributed by atoms with Gasteiger partial charge >= 0.3 is 0 Å². The first-order valence-electron chi connectivity index (χ1n) is 12.3. The molecule has 0 radical (unpaired) electrons. The number of aromatic nitrogens is 1. The Hall–Kier alpha value is -3.20. The van der Waals surface area contributed by atoms with Crippen molar-refractivity contribution in [3.8, 4) is 0 Å². The van der Waals surface area contributed by atoms with Crippen LogP contribution >= 0.6 is 0 Å². The van der Waals surface area contributed by atoms with Crippen LogP contribution in [0.1, 0.15) is 62.6 Å². The molecule has 0 saturated heterocycles. The van der Waals surface area contributed by atoms with Gasteiger partial charge in [-0.3, -0.25) is 0 Å². The molecule has 0 bridgehead atoms. The molecule has 4 aromatic rings. The number of rotatable bonds is 7. The van der Waals surface area contributed by atoms with Crippen LogP contribution in [0.25, 0.3) is 21.7 Å². The Morgan fingerprint density at radius 3 is 2.48 bits per heavy atom. The fourth-order valence-electron chi connectivity index (χ4n) is 5.31. The number of nitrogens with one attached hydrogen (secondary N) is 3. The lowest BCUT2D eigenvalue weighted by Crippen LogP contribution is -2.34. The zero-order valence-electron chi connectivity index (χ0n) is 20.2. The zero-order chi connectivity index (χ0) is 22.9. The lowest BCUT2D eigenvalue weighted by atomic mass is 9.91. The summed E-state index contributed by atoms with van der Waals surface area (Å²) in [6.07, 6.45) is 6.70. The van der Waals surface area contributed by atoms with Gasteiger partial charge < -0.3 is 15.6 Å². The second-order valence-corrected chi connectivity index (χ2v) is 10.1. The van der Waals surface area contributed by atoms with Crippen molar-refractivity contribution in [2.45, 2.75) is 58.5 Å². The summed E-state index contributed by atoms with van der Waals surface area (Å²) in [6, 6.07) is 22.3. The Bertz CT molecular complexity index is 1290. The smallest absolute Gasteiger partial charge is 0.0963 e. The molecule has 0 fully saturated rings. The standard InChI is InChI=1S/C30H35N3/c1-19(2)27-17-31-28-16-22(12-13-26(27)28)14-21(4)29-18-32-30(33-29)15-20(3)24-11-7-9-23-8-5-6-10-25(23)24/h5-13,16-21,30-33H,14-15H2,1-4H3. The van der Waals surface area contributed by atoms with Gasteiger partial charge in [-0.25, -0.2) is 0 Å². The molecular formula is C30H35N3. The number of fused-ring (bicyclic) bond motifs is 2. The van der Waals surface area contributed by atoms with E-state index < -0.39 is 0 Å². The molecule has 0 saturated carbocycles. The average Bonchev–Trinajstić information content (AvgIpc) is 3.45. The van der Waals surface area contributed by atoms with E-state index in [1.54, 1.807) is 0 Å². The highest BCUT2D eigenvalue weighted by Crippen LogP contribution is 2.30. The Balaban J connectivity index is 1.22. The second kappa shape index (κ2) is 8.97. The molecule has 5 rings (SSSR count). The van der Waals surface area contributed by atoms with E-state index in [4.69, 9.17) is 0 Å². The highest BCUT2D eigenvalue weighted by atomic mass is 15.2. The van der Waals surface area contributed by atoms with Crippen LogP contribution in [0, 0.1) is 5.92 Å². The summed E-state index contributed by atoms with van der Waals surface area (Å²) in [6.45, 7) is 9.15. The molecule has 0 spiro atoms. The van der Waals surface area contributed by atoms with Gasteiger partial charge in [-0.15, -0.1) is 0 Å². The van der Waals surface area contributed by atoms with Crippen LogP contribution in [-0.4, -0.2) is 11.1 Å². The Morgan fingerprint density at radius 2 is 1.64 bits per heavy atom. The summed E-state index contributed by atoms with van der Waals surface area (Å²) in [4.78, 5) is 3.47. The molecule has 3 N–H and O–H groups in total. The van der Waals surface area contributed by atoms with Crippen molar-refractivity contribution in [3.63, 3.8) is 0 Å². The number of hydrogen-bond donors (Lipinski definition) is 3. The van der Waals surface area contributed by atoms with E-state index in [1.807, 2.05) is 0 Å². The van der Waals surface area contributed by atoms with Crippen molar-refractivity contribution >= 4 is 21.7 Å². The molecule has 3 aromatic carbocycles. The van der Waals surface area contributed by atoms with Crippen molar-refractivity contribution in [1.82, 2.24) is 15.6 Å². The van der Waals surface area contributed by atoms with Gasteiger partial charge in [-0.1, -0.05) is 82.3 Å². The van der Waals surface area contributed by atoms with Crippen molar-refractivity contribution < 1.29 is 0 Å². The fraction of sp³-hybridized carbons (Fsp3) is 0.333. The van der Waals surface area contributed by atoms with Crippen molar-refractivity contribution in [1.29, 1.82) is 0 Å². The first-order valence-corrected chi connectivity index (χ1v) is 12.3. The Kier molecular flexibility index (Phi) is 5.88. The molecular weight excluding hydrogens is 402 g/mol. The molecule has 3 heteroatoms. The van der Waals surface area contributed by atoms with Crippen molar-refractivity contribution in [2.24, 2.45) is 5.92 Å². The van der Waals surface area contributed by atoms with Gasteiger partial charge in [0.1, 0.15) is 0 Å². The zero-order valence-corrected chi connectivity index (χ0v) is 20.2. The van der Waals surface area contributed by atoms with Crippen LogP contribution in [0.3, 0.4) is 0 Å². The van der Waals surface area contributed by atoms with Gasteiger partial charge in [0.25, 0.3) is 0 Å². The molecule has 1 aliphatic heterocycles. The predicted octanol–water partition coefficient (Wildman–Crippen LogP) is 7.18. The lowest BCUT2D eigenvalue weighted by molar-refractivity contribution is 0.463. The normalized spacial score (nSPS) is 17.7. The minimum atomic E-state index is 0.274. The van der Waals surface area contributed by atoms with Crippen LogP contribution in [0.5, 0.6) is 0 Å². The third kappa shape index (κ3) is 4.37. The van der Waals surface area contributed by atoms with E-state index in [9.17, 15) is 0 Å².